The summed E-state index contributed by atoms with van der Waals surface area (Å²) >= 11 is 11.8. The molecular formula is C20H20Cl2N4O4S. The van der Waals surface area contributed by atoms with Crippen molar-refractivity contribution in [2.45, 2.75) is 17.9 Å². The molecule has 1 amide bonds. The van der Waals surface area contributed by atoms with Crippen LogP contribution in [0.5, 0.6) is 5.75 Å². The van der Waals surface area contributed by atoms with E-state index in [1.54, 1.807) is 12.5 Å². The number of carbonyl (C=O) groups is 1. The molecule has 11 heteroatoms. The third-order valence-corrected chi connectivity index (χ3v) is 6.29. The van der Waals surface area contributed by atoms with Gasteiger partial charge in [-0.1, -0.05) is 23.2 Å². The van der Waals surface area contributed by atoms with Crippen LogP contribution >= 0.6 is 23.2 Å². The Balaban J connectivity index is 1.46. The second-order valence-electron chi connectivity index (χ2n) is 6.50. The van der Waals surface area contributed by atoms with E-state index in [9.17, 15) is 13.2 Å². The summed E-state index contributed by atoms with van der Waals surface area (Å²) in [6, 6.07) is 10.2. The first-order valence-corrected chi connectivity index (χ1v) is 11.5. The highest BCUT2D eigenvalue weighted by Crippen LogP contribution is 2.26. The van der Waals surface area contributed by atoms with Gasteiger partial charge in [0.05, 0.1) is 27.0 Å². The number of aryl methyl sites for hydroxylation is 1. The van der Waals surface area contributed by atoms with Crippen LogP contribution in [0.1, 0.15) is 6.42 Å². The van der Waals surface area contributed by atoms with E-state index in [0.717, 1.165) is 13.0 Å². The Morgan fingerprint density at radius 1 is 1.10 bits per heavy atom. The van der Waals surface area contributed by atoms with Gasteiger partial charge in [0.1, 0.15) is 5.75 Å². The summed E-state index contributed by atoms with van der Waals surface area (Å²) in [5.41, 5.74) is 0.291. The largest absolute Gasteiger partial charge is 0.484 e. The Labute approximate surface area is 190 Å². The quantitative estimate of drug-likeness (QED) is 0.430. The van der Waals surface area contributed by atoms with Crippen LogP contribution in [0.3, 0.4) is 0 Å². The standard InChI is InChI=1S/C20H20Cl2N4O4S/c21-18-7-2-15(12-19(18)22)25-31(28,29)17-5-3-16(4-6-17)30-13-20(27)24-8-1-10-26-11-9-23-14-26/h2-7,9,11-12,14,25H,1,8,10,13H2,(H,24,27). The van der Waals surface area contributed by atoms with Crippen LogP contribution in [-0.2, 0) is 21.4 Å². The first kappa shape index (κ1) is 22.9. The van der Waals surface area contributed by atoms with Gasteiger partial charge in [-0.15, -0.1) is 0 Å². The number of nitrogens with zero attached hydrogens (tertiary/aromatic N) is 2. The number of amides is 1. The lowest BCUT2D eigenvalue weighted by Gasteiger charge is -2.10. The third kappa shape index (κ3) is 6.88. The van der Waals surface area contributed by atoms with Crippen LogP contribution in [0, 0.1) is 0 Å². The van der Waals surface area contributed by atoms with Crippen molar-refractivity contribution >= 4 is 44.8 Å². The minimum absolute atomic E-state index is 0.0369. The maximum Gasteiger partial charge on any atom is 0.261 e. The summed E-state index contributed by atoms with van der Waals surface area (Å²) < 4.78 is 34.8. The highest BCUT2D eigenvalue weighted by Gasteiger charge is 2.15. The van der Waals surface area contributed by atoms with Crippen molar-refractivity contribution in [3.63, 3.8) is 0 Å². The number of hydrogen-bond donors (Lipinski definition) is 2. The molecule has 0 aliphatic heterocycles. The van der Waals surface area contributed by atoms with E-state index >= 15 is 0 Å². The number of hydrogen-bond acceptors (Lipinski definition) is 5. The highest BCUT2D eigenvalue weighted by atomic mass is 35.5. The predicted octanol–water partition coefficient (Wildman–Crippen LogP) is 3.58. The fourth-order valence-corrected chi connectivity index (χ4v) is 3.94. The van der Waals surface area contributed by atoms with Gasteiger partial charge in [-0.3, -0.25) is 9.52 Å². The Hall–Kier alpha value is -2.75. The molecule has 164 valence electrons. The van der Waals surface area contributed by atoms with Crippen LogP contribution < -0.4 is 14.8 Å². The normalized spacial score (nSPS) is 11.2. The minimum atomic E-state index is -3.82. The van der Waals surface area contributed by atoms with Crippen LogP contribution in [0.2, 0.25) is 10.0 Å². The van der Waals surface area contributed by atoms with E-state index < -0.39 is 10.0 Å². The van der Waals surface area contributed by atoms with Gasteiger partial charge in [0.2, 0.25) is 0 Å². The smallest absolute Gasteiger partial charge is 0.261 e. The lowest BCUT2D eigenvalue weighted by Crippen LogP contribution is -2.30. The predicted molar refractivity (Wildman–Crippen MR) is 119 cm³/mol. The molecule has 0 spiro atoms. The van der Waals surface area contributed by atoms with Crippen molar-refractivity contribution in [2.24, 2.45) is 0 Å². The number of halogens is 2. The van der Waals surface area contributed by atoms with Gasteiger partial charge >= 0.3 is 0 Å². The summed E-state index contributed by atoms with van der Waals surface area (Å²) in [6.07, 6.45) is 6.04. The van der Waals surface area contributed by atoms with Crippen LogP contribution in [0.25, 0.3) is 0 Å². The number of imidazole rings is 1. The molecule has 0 radical (unpaired) electrons. The molecule has 1 aromatic heterocycles. The monoisotopic (exact) mass is 482 g/mol. The van der Waals surface area contributed by atoms with Crippen molar-refractivity contribution in [1.29, 1.82) is 0 Å². The number of nitrogens with one attached hydrogen (secondary N) is 2. The van der Waals surface area contributed by atoms with Gasteiger partial charge in [0, 0.05) is 25.5 Å². The Morgan fingerprint density at radius 3 is 2.55 bits per heavy atom. The molecule has 0 saturated carbocycles. The van der Waals surface area contributed by atoms with Crippen molar-refractivity contribution in [2.75, 3.05) is 17.9 Å². The number of rotatable bonds is 10. The van der Waals surface area contributed by atoms with Gasteiger partial charge < -0.3 is 14.6 Å². The molecule has 31 heavy (non-hydrogen) atoms. The summed E-state index contributed by atoms with van der Waals surface area (Å²) in [5.74, 6) is 0.116. The first-order valence-electron chi connectivity index (χ1n) is 9.27. The van der Waals surface area contributed by atoms with Gasteiger partial charge in [-0.05, 0) is 48.9 Å². The molecule has 3 rings (SSSR count). The topological polar surface area (TPSA) is 102 Å². The van der Waals surface area contributed by atoms with E-state index in [2.05, 4.69) is 15.0 Å². The molecule has 0 unspecified atom stereocenters. The number of anilines is 1. The number of benzene rings is 2. The number of ether oxygens (including phenoxy) is 1. The summed E-state index contributed by atoms with van der Waals surface area (Å²) in [5, 5.41) is 3.33. The SMILES string of the molecule is O=C(COc1ccc(S(=O)(=O)Nc2ccc(Cl)c(Cl)c2)cc1)NCCCn1ccnc1. The molecule has 1 heterocycles. The molecule has 0 saturated heterocycles. The van der Waals surface area contributed by atoms with Gasteiger partial charge in [-0.2, -0.15) is 0 Å². The van der Waals surface area contributed by atoms with Gasteiger partial charge in [0.15, 0.2) is 6.61 Å². The molecule has 0 aliphatic carbocycles. The average Bonchev–Trinajstić information content (AvgIpc) is 3.26. The highest BCUT2D eigenvalue weighted by molar-refractivity contribution is 7.92. The van der Waals surface area contributed by atoms with Crippen molar-refractivity contribution in [3.8, 4) is 5.75 Å². The fraction of sp³-hybridized carbons (Fsp3) is 0.200. The lowest BCUT2D eigenvalue weighted by atomic mass is 10.3. The first-order chi connectivity index (χ1) is 14.8. The average molecular weight is 483 g/mol. The second-order valence-corrected chi connectivity index (χ2v) is 9.00. The maximum absolute atomic E-state index is 12.5. The molecule has 0 aliphatic rings. The zero-order valence-corrected chi connectivity index (χ0v) is 18.6. The summed E-state index contributed by atoms with van der Waals surface area (Å²) in [6.45, 7) is 1.10. The number of sulfonamides is 1. The lowest BCUT2D eigenvalue weighted by molar-refractivity contribution is -0.123. The van der Waals surface area contributed by atoms with E-state index in [-0.39, 0.29) is 22.4 Å². The zero-order chi connectivity index (χ0) is 22.3. The molecule has 2 N–H and O–H groups in total. The Kier molecular flexibility index (Phi) is 7.78. The molecule has 8 nitrogen and oxygen atoms in total. The van der Waals surface area contributed by atoms with Crippen LogP contribution in [-0.4, -0.2) is 37.0 Å². The van der Waals surface area contributed by atoms with E-state index in [0.29, 0.717) is 23.0 Å². The molecule has 0 atom stereocenters. The Bertz CT molecular complexity index is 1120. The van der Waals surface area contributed by atoms with E-state index in [1.807, 2.05) is 10.8 Å². The van der Waals surface area contributed by atoms with E-state index in [1.165, 1.54) is 42.5 Å². The summed E-state index contributed by atoms with van der Waals surface area (Å²) in [7, 11) is -3.82. The van der Waals surface area contributed by atoms with E-state index in [4.69, 9.17) is 27.9 Å². The van der Waals surface area contributed by atoms with Crippen LogP contribution in [0.15, 0.2) is 66.1 Å². The fourth-order valence-electron chi connectivity index (χ4n) is 2.60. The number of carbonyl (C=O) groups excluding carboxylic acids is 1. The van der Waals surface area contributed by atoms with Gasteiger partial charge in [-0.25, -0.2) is 13.4 Å². The van der Waals surface area contributed by atoms with Crippen molar-refractivity contribution in [3.05, 3.63) is 71.2 Å². The second kappa shape index (κ2) is 10.5. The number of aromatic nitrogens is 2. The molecule has 0 fully saturated rings. The maximum atomic E-state index is 12.5. The minimum Gasteiger partial charge on any atom is -0.484 e. The molecule has 0 bridgehead atoms. The van der Waals surface area contributed by atoms with Gasteiger partial charge in [0.25, 0.3) is 15.9 Å². The molecular weight excluding hydrogens is 463 g/mol. The summed E-state index contributed by atoms with van der Waals surface area (Å²) in [4.78, 5) is 15.9. The molecule has 2 aromatic carbocycles. The van der Waals surface area contributed by atoms with Crippen molar-refractivity contribution in [1.82, 2.24) is 14.9 Å². The molecule has 3 aromatic rings. The van der Waals surface area contributed by atoms with Crippen molar-refractivity contribution < 1.29 is 17.9 Å². The zero-order valence-electron chi connectivity index (χ0n) is 16.3. The third-order valence-electron chi connectivity index (χ3n) is 4.15. The Morgan fingerprint density at radius 2 is 1.87 bits per heavy atom. The van der Waals surface area contributed by atoms with Crippen LogP contribution in [0.4, 0.5) is 5.69 Å².